The van der Waals surface area contributed by atoms with Gasteiger partial charge in [0, 0.05) is 30.3 Å². The number of aromatic nitrogens is 5. The van der Waals surface area contributed by atoms with Gasteiger partial charge in [-0.3, -0.25) is 14.8 Å². The molecule has 5 rings (SSSR count). The maximum absolute atomic E-state index is 12.2. The van der Waals surface area contributed by atoms with E-state index in [1.807, 2.05) is 31.2 Å². The Morgan fingerprint density at radius 2 is 1.96 bits per heavy atom. The largest absolute Gasteiger partial charge is 0.342 e. The van der Waals surface area contributed by atoms with Crippen molar-refractivity contribution in [2.24, 2.45) is 0 Å². The first-order valence-electron chi connectivity index (χ1n) is 9.41. The number of imidazole rings is 1. The number of nitrogens with zero attached hydrogens (tertiary/aromatic N) is 4. The quantitative estimate of drug-likeness (QED) is 0.587. The normalized spacial score (nSPS) is 16.5. The fourth-order valence-corrected chi connectivity index (χ4v) is 4.00. The summed E-state index contributed by atoms with van der Waals surface area (Å²) in [5.41, 5.74) is 4.54. The van der Waals surface area contributed by atoms with Crippen LogP contribution in [0.4, 0.5) is 0 Å². The van der Waals surface area contributed by atoms with Gasteiger partial charge in [-0.05, 0) is 45.0 Å². The summed E-state index contributed by atoms with van der Waals surface area (Å²) in [4.78, 5) is 27.5. The molecule has 7 heteroatoms. The molecule has 27 heavy (non-hydrogen) atoms. The van der Waals surface area contributed by atoms with E-state index in [0.29, 0.717) is 18.1 Å². The molecule has 1 saturated heterocycles. The van der Waals surface area contributed by atoms with Crippen LogP contribution in [0.5, 0.6) is 0 Å². The third-order valence-electron chi connectivity index (χ3n) is 5.40. The van der Waals surface area contributed by atoms with Crippen molar-refractivity contribution in [1.29, 1.82) is 0 Å². The lowest BCUT2D eigenvalue weighted by atomic mass is 9.96. The number of piperidine rings is 1. The van der Waals surface area contributed by atoms with Crippen LogP contribution in [0.15, 0.2) is 41.2 Å². The number of aromatic amines is 2. The van der Waals surface area contributed by atoms with Crippen LogP contribution < -0.4 is 5.56 Å². The number of likely N-dealkylation sites (tertiary alicyclic amines) is 1. The van der Waals surface area contributed by atoms with Crippen LogP contribution in [0.25, 0.3) is 16.7 Å². The minimum absolute atomic E-state index is 0.0553. The summed E-state index contributed by atoms with van der Waals surface area (Å²) in [6.45, 7) is 4.60. The second kappa shape index (κ2) is 6.35. The van der Waals surface area contributed by atoms with Crippen molar-refractivity contribution in [2.75, 3.05) is 13.1 Å². The molecule has 1 aliphatic heterocycles. The van der Waals surface area contributed by atoms with Gasteiger partial charge in [0.2, 0.25) is 0 Å². The zero-order valence-electron chi connectivity index (χ0n) is 15.3. The Labute approximate surface area is 156 Å². The summed E-state index contributed by atoms with van der Waals surface area (Å²) in [7, 11) is 0. The predicted octanol–water partition coefficient (Wildman–Crippen LogP) is 2.59. The molecule has 0 spiro atoms. The van der Waals surface area contributed by atoms with Gasteiger partial charge < -0.3 is 4.98 Å². The highest BCUT2D eigenvalue weighted by molar-refractivity contribution is 5.74. The van der Waals surface area contributed by atoms with Crippen molar-refractivity contribution in [2.45, 2.75) is 32.2 Å². The van der Waals surface area contributed by atoms with Crippen molar-refractivity contribution < 1.29 is 0 Å². The fraction of sp³-hybridized carbons (Fsp3) is 0.350. The van der Waals surface area contributed by atoms with E-state index in [2.05, 4.69) is 26.0 Å². The fourth-order valence-electron chi connectivity index (χ4n) is 4.00. The van der Waals surface area contributed by atoms with Crippen LogP contribution in [-0.4, -0.2) is 42.6 Å². The molecule has 0 atom stereocenters. The van der Waals surface area contributed by atoms with Crippen molar-refractivity contribution in [1.82, 2.24) is 29.5 Å². The topological polar surface area (TPSA) is 82.1 Å². The van der Waals surface area contributed by atoms with Gasteiger partial charge in [-0.15, -0.1) is 0 Å². The van der Waals surface area contributed by atoms with Crippen molar-refractivity contribution in [3.8, 4) is 0 Å². The molecule has 0 amide bonds. The Kier molecular flexibility index (Phi) is 3.82. The van der Waals surface area contributed by atoms with Gasteiger partial charge in [-0.1, -0.05) is 12.1 Å². The number of rotatable bonds is 3. The third-order valence-corrected chi connectivity index (χ3v) is 5.40. The lowest BCUT2D eigenvalue weighted by Crippen LogP contribution is -2.33. The van der Waals surface area contributed by atoms with E-state index in [0.717, 1.165) is 54.2 Å². The molecule has 0 aliphatic carbocycles. The zero-order chi connectivity index (χ0) is 18.4. The van der Waals surface area contributed by atoms with E-state index in [-0.39, 0.29) is 5.56 Å². The highest BCUT2D eigenvalue weighted by atomic mass is 16.1. The Hall–Kier alpha value is -2.93. The molecule has 3 aromatic heterocycles. The average molecular weight is 362 g/mol. The SMILES string of the molecule is Cc1cc2nc(CN3CCC(c4nc5ccccc5[nH]4)CC3)cc(=O)n2[nH]1. The smallest absolute Gasteiger partial charge is 0.272 e. The minimum Gasteiger partial charge on any atom is -0.342 e. The second-order valence-corrected chi connectivity index (χ2v) is 7.41. The molecule has 0 bridgehead atoms. The molecule has 1 fully saturated rings. The van der Waals surface area contributed by atoms with E-state index < -0.39 is 0 Å². The van der Waals surface area contributed by atoms with Gasteiger partial charge in [-0.2, -0.15) is 0 Å². The Morgan fingerprint density at radius 3 is 2.78 bits per heavy atom. The number of hydrogen-bond acceptors (Lipinski definition) is 4. The Bertz CT molecular complexity index is 1130. The molecule has 0 unspecified atom stereocenters. The van der Waals surface area contributed by atoms with Crippen LogP contribution in [0, 0.1) is 6.92 Å². The van der Waals surface area contributed by atoms with Gasteiger partial charge in [-0.25, -0.2) is 14.5 Å². The van der Waals surface area contributed by atoms with Gasteiger partial charge in [0.15, 0.2) is 5.65 Å². The Morgan fingerprint density at radius 1 is 1.15 bits per heavy atom. The maximum Gasteiger partial charge on any atom is 0.272 e. The summed E-state index contributed by atoms with van der Waals surface area (Å²) in [5, 5.41) is 3.01. The average Bonchev–Trinajstić information content (AvgIpc) is 3.25. The van der Waals surface area contributed by atoms with Crippen LogP contribution in [0.1, 0.15) is 36.0 Å². The number of nitrogens with one attached hydrogen (secondary N) is 2. The molecule has 0 saturated carbocycles. The summed E-state index contributed by atoms with van der Waals surface area (Å²) >= 11 is 0. The highest BCUT2D eigenvalue weighted by Gasteiger charge is 2.23. The molecular weight excluding hydrogens is 340 g/mol. The molecule has 138 valence electrons. The van der Waals surface area contributed by atoms with Crippen molar-refractivity contribution in [3.63, 3.8) is 0 Å². The van der Waals surface area contributed by atoms with Crippen molar-refractivity contribution >= 4 is 16.7 Å². The standard InChI is InChI=1S/C20H22N6O/c1-13-10-18-21-15(11-19(27)26(18)24-13)12-25-8-6-14(7-9-25)20-22-16-4-2-3-5-17(16)23-20/h2-5,10-11,14,24H,6-9,12H2,1H3,(H,22,23). The van der Waals surface area contributed by atoms with E-state index in [1.54, 1.807) is 6.07 Å². The van der Waals surface area contributed by atoms with Crippen LogP contribution in [0.3, 0.4) is 0 Å². The van der Waals surface area contributed by atoms with Crippen molar-refractivity contribution in [3.05, 3.63) is 64.0 Å². The van der Waals surface area contributed by atoms with E-state index in [1.165, 1.54) is 4.52 Å². The summed E-state index contributed by atoms with van der Waals surface area (Å²) in [5.74, 6) is 1.55. The maximum atomic E-state index is 12.2. The molecule has 2 N–H and O–H groups in total. The molecule has 7 nitrogen and oxygen atoms in total. The minimum atomic E-state index is -0.0553. The van der Waals surface area contributed by atoms with Gasteiger partial charge in [0.1, 0.15) is 5.82 Å². The van der Waals surface area contributed by atoms with E-state index in [9.17, 15) is 4.79 Å². The lowest BCUT2D eigenvalue weighted by molar-refractivity contribution is 0.200. The summed E-state index contributed by atoms with van der Waals surface area (Å²) in [6.07, 6.45) is 2.12. The first kappa shape index (κ1) is 16.3. The number of para-hydroxylation sites is 2. The summed E-state index contributed by atoms with van der Waals surface area (Å²) in [6, 6.07) is 11.7. The molecule has 4 aromatic rings. The number of benzene rings is 1. The van der Waals surface area contributed by atoms with E-state index >= 15 is 0 Å². The van der Waals surface area contributed by atoms with Crippen LogP contribution in [0.2, 0.25) is 0 Å². The molecule has 0 radical (unpaired) electrons. The number of hydrogen-bond donors (Lipinski definition) is 2. The Balaban J connectivity index is 1.28. The lowest BCUT2D eigenvalue weighted by Gasteiger charge is -2.30. The van der Waals surface area contributed by atoms with Crippen LogP contribution >= 0.6 is 0 Å². The molecule has 1 aliphatic rings. The summed E-state index contributed by atoms with van der Waals surface area (Å²) < 4.78 is 1.49. The first-order valence-corrected chi connectivity index (χ1v) is 9.41. The van der Waals surface area contributed by atoms with Crippen LogP contribution in [-0.2, 0) is 6.54 Å². The highest BCUT2D eigenvalue weighted by Crippen LogP contribution is 2.28. The third kappa shape index (κ3) is 3.04. The molecular formula is C20H22N6O. The first-order chi connectivity index (χ1) is 13.2. The molecule has 4 heterocycles. The number of fused-ring (bicyclic) bond motifs is 2. The molecule has 1 aromatic carbocycles. The number of aryl methyl sites for hydroxylation is 1. The zero-order valence-corrected chi connectivity index (χ0v) is 15.3. The predicted molar refractivity (Wildman–Crippen MR) is 104 cm³/mol. The number of H-pyrrole nitrogens is 2. The van der Waals surface area contributed by atoms with Gasteiger partial charge in [0.25, 0.3) is 5.56 Å². The van der Waals surface area contributed by atoms with Gasteiger partial charge in [0.05, 0.1) is 16.7 Å². The van der Waals surface area contributed by atoms with Gasteiger partial charge >= 0.3 is 0 Å². The van der Waals surface area contributed by atoms with E-state index in [4.69, 9.17) is 4.98 Å². The second-order valence-electron chi connectivity index (χ2n) is 7.41. The monoisotopic (exact) mass is 362 g/mol.